The smallest absolute Gasteiger partial charge is 0.419 e. The van der Waals surface area contributed by atoms with E-state index >= 15 is 0 Å². The Hall–Kier alpha value is -1.27. The number of aryl methyl sites for hydroxylation is 1. The maximum Gasteiger partial charge on any atom is 0.419 e. The van der Waals surface area contributed by atoms with Crippen LogP contribution in [0.5, 0.6) is 5.75 Å². The summed E-state index contributed by atoms with van der Waals surface area (Å²) in [4.78, 5) is 0. The van der Waals surface area contributed by atoms with Gasteiger partial charge in [-0.3, -0.25) is 0 Å². The molecule has 2 heterocycles. The first-order valence-electron chi connectivity index (χ1n) is 6.49. The number of fused-ring (bicyclic) bond motifs is 2. The molecule has 110 valence electrons. The van der Waals surface area contributed by atoms with E-state index in [0.717, 1.165) is 6.42 Å². The summed E-state index contributed by atoms with van der Waals surface area (Å²) in [6, 6.07) is 3.15. The van der Waals surface area contributed by atoms with E-state index in [1.54, 1.807) is 13.0 Å². The van der Waals surface area contributed by atoms with Gasteiger partial charge in [-0.05, 0) is 36.6 Å². The number of ether oxygens (including phenoxy) is 2. The van der Waals surface area contributed by atoms with Crippen molar-refractivity contribution in [3.8, 4) is 5.75 Å². The van der Waals surface area contributed by atoms with E-state index in [4.69, 9.17) is 9.47 Å². The summed E-state index contributed by atoms with van der Waals surface area (Å²) in [6.45, 7) is 2.73. The maximum absolute atomic E-state index is 13.2. The summed E-state index contributed by atoms with van der Waals surface area (Å²) in [5.74, 6) is -0.113. The highest BCUT2D eigenvalue weighted by Crippen LogP contribution is 2.45. The molecule has 1 aromatic rings. The van der Waals surface area contributed by atoms with Crippen molar-refractivity contribution in [2.24, 2.45) is 0 Å². The zero-order chi connectivity index (χ0) is 14.5. The third-order valence-corrected chi connectivity index (χ3v) is 4.12. The number of benzene rings is 1. The Morgan fingerprint density at radius 3 is 2.60 bits per heavy atom. The molecule has 1 aromatic carbocycles. The zero-order valence-corrected chi connectivity index (χ0v) is 11.3. The van der Waals surface area contributed by atoms with Gasteiger partial charge in [0.15, 0.2) is 0 Å². The maximum atomic E-state index is 13.2. The van der Waals surface area contributed by atoms with E-state index < -0.39 is 17.3 Å². The van der Waals surface area contributed by atoms with E-state index in [2.05, 4.69) is 5.32 Å². The lowest BCUT2D eigenvalue weighted by Crippen LogP contribution is -2.37. The molecular formula is C14H16F3NO2. The summed E-state index contributed by atoms with van der Waals surface area (Å²) in [5.41, 5.74) is -0.300. The van der Waals surface area contributed by atoms with Gasteiger partial charge in [-0.1, -0.05) is 0 Å². The van der Waals surface area contributed by atoms with E-state index in [9.17, 15) is 13.2 Å². The molecule has 2 fully saturated rings. The quantitative estimate of drug-likeness (QED) is 0.907. The van der Waals surface area contributed by atoms with Crippen LogP contribution in [0.1, 0.15) is 23.1 Å². The Balaban J connectivity index is 2.12. The van der Waals surface area contributed by atoms with Crippen LogP contribution >= 0.6 is 0 Å². The molecule has 2 bridgehead atoms. The van der Waals surface area contributed by atoms with Gasteiger partial charge in [-0.25, -0.2) is 0 Å². The third-order valence-electron chi connectivity index (χ3n) is 4.12. The van der Waals surface area contributed by atoms with Crippen LogP contribution in [0, 0.1) is 6.92 Å². The summed E-state index contributed by atoms with van der Waals surface area (Å²) in [5, 5.41) is 3.26. The number of methoxy groups -OCH3 is 1. The molecule has 2 unspecified atom stereocenters. The molecule has 2 atom stereocenters. The molecule has 0 saturated carbocycles. The second kappa shape index (κ2) is 4.36. The van der Waals surface area contributed by atoms with Crippen LogP contribution in [-0.2, 0) is 16.5 Å². The van der Waals surface area contributed by atoms with Crippen LogP contribution in [0.25, 0.3) is 0 Å². The van der Waals surface area contributed by atoms with Gasteiger partial charge < -0.3 is 14.8 Å². The minimum Gasteiger partial charge on any atom is -0.496 e. The fraction of sp³-hybridized carbons (Fsp3) is 0.571. The predicted octanol–water partition coefficient (Wildman–Crippen LogP) is 2.61. The van der Waals surface area contributed by atoms with E-state index in [1.165, 1.54) is 13.2 Å². The van der Waals surface area contributed by atoms with Crippen LogP contribution in [0.3, 0.4) is 0 Å². The minimum atomic E-state index is -4.44. The molecule has 0 aromatic heterocycles. The monoisotopic (exact) mass is 287 g/mol. The molecule has 0 aliphatic carbocycles. The molecule has 0 spiro atoms. The minimum absolute atomic E-state index is 0.113. The lowest BCUT2D eigenvalue weighted by atomic mass is 9.89. The molecule has 2 aliphatic rings. The van der Waals surface area contributed by atoms with Gasteiger partial charge in [0.1, 0.15) is 11.4 Å². The molecule has 6 heteroatoms. The highest BCUT2D eigenvalue weighted by Gasteiger charge is 2.48. The SMILES string of the molecule is COc1c(C)cc(C23CNC(CO2)C3)cc1C(F)(F)F. The van der Waals surface area contributed by atoms with Crippen molar-refractivity contribution in [2.45, 2.75) is 31.2 Å². The second-order valence-corrected chi connectivity index (χ2v) is 5.46. The fourth-order valence-corrected chi connectivity index (χ4v) is 3.16. The molecule has 20 heavy (non-hydrogen) atoms. The lowest BCUT2D eigenvalue weighted by molar-refractivity contribution is -0.139. The van der Waals surface area contributed by atoms with Crippen molar-refractivity contribution >= 4 is 0 Å². The molecule has 0 radical (unpaired) electrons. The number of hydrogen-bond donors (Lipinski definition) is 1. The largest absolute Gasteiger partial charge is 0.496 e. The first-order valence-corrected chi connectivity index (χ1v) is 6.49. The number of alkyl halides is 3. The van der Waals surface area contributed by atoms with Gasteiger partial charge in [-0.2, -0.15) is 13.2 Å². The van der Waals surface area contributed by atoms with Crippen LogP contribution in [0.2, 0.25) is 0 Å². The predicted molar refractivity (Wildman–Crippen MR) is 66.8 cm³/mol. The third kappa shape index (κ3) is 1.98. The lowest BCUT2D eigenvalue weighted by Gasteiger charge is -2.29. The molecule has 2 saturated heterocycles. The average Bonchev–Trinajstić information content (AvgIpc) is 2.98. The van der Waals surface area contributed by atoms with E-state index in [-0.39, 0.29) is 11.8 Å². The first-order chi connectivity index (χ1) is 9.36. The number of hydrogen-bond acceptors (Lipinski definition) is 3. The average molecular weight is 287 g/mol. The topological polar surface area (TPSA) is 30.5 Å². The summed E-state index contributed by atoms with van der Waals surface area (Å²) >= 11 is 0. The van der Waals surface area contributed by atoms with Crippen molar-refractivity contribution in [2.75, 3.05) is 20.3 Å². The second-order valence-electron chi connectivity index (χ2n) is 5.46. The fourth-order valence-electron chi connectivity index (χ4n) is 3.16. The highest BCUT2D eigenvalue weighted by atomic mass is 19.4. The first kappa shape index (κ1) is 13.7. The number of morpholine rings is 1. The Morgan fingerprint density at radius 1 is 1.40 bits per heavy atom. The number of nitrogens with one attached hydrogen (secondary N) is 1. The van der Waals surface area contributed by atoms with Gasteiger partial charge >= 0.3 is 6.18 Å². The molecule has 3 rings (SSSR count). The Bertz CT molecular complexity index is 534. The highest BCUT2D eigenvalue weighted by molar-refractivity contribution is 5.48. The summed E-state index contributed by atoms with van der Waals surface area (Å²) in [7, 11) is 1.26. The van der Waals surface area contributed by atoms with Gasteiger partial charge in [-0.15, -0.1) is 0 Å². The van der Waals surface area contributed by atoms with E-state index in [1.807, 2.05) is 0 Å². The Morgan fingerprint density at radius 2 is 2.15 bits per heavy atom. The number of halogens is 3. The van der Waals surface area contributed by atoms with Gasteiger partial charge in [0.05, 0.1) is 19.3 Å². The van der Waals surface area contributed by atoms with Crippen molar-refractivity contribution in [1.29, 1.82) is 0 Å². The summed E-state index contributed by atoms with van der Waals surface area (Å²) in [6.07, 6.45) is -3.72. The zero-order valence-electron chi connectivity index (χ0n) is 11.3. The van der Waals surface area contributed by atoms with Crippen LogP contribution in [-0.4, -0.2) is 26.3 Å². The van der Waals surface area contributed by atoms with Crippen molar-refractivity contribution in [3.63, 3.8) is 0 Å². The molecular weight excluding hydrogens is 271 g/mol. The standard InChI is InChI=1S/C14H16F3NO2/c1-8-3-9(13-5-10(6-20-13)18-7-13)4-11(12(8)19-2)14(15,16)17/h3-4,10,18H,5-7H2,1-2H3. The van der Waals surface area contributed by atoms with Gasteiger partial charge in [0.25, 0.3) is 0 Å². The Labute approximate surface area is 115 Å². The number of rotatable bonds is 2. The normalized spacial score (nSPS) is 28.9. The van der Waals surface area contributed by atoms with Crippen LogP contribution < -0.4 is 10.1 Å². The molecule has 2 aliphatic heterocycles. The molecule has 3 nitrogen and oxygen atoms in total. The van der Waals surface area contributed by atoms with Crippen molar-refractivity contribution < 1.29 is 22.6 Å². The summed E-state index contributed by atoms with van der Waals surface area (Å²) < 4.78 is 50.2. The van der Waals surface area contributed by atoms with Gasteiger partial charge in [0, 0.05) is 12.6 Å². The van der Waals surface area contributed by atoms with Gasteiger partial charge in [0.2, 0.25) is 0 Å². The van der Waals surface area contributed by atoms with Crippen LogP contribution in [0.4, 0.5) is 13.2 Å². The van der Waals surface area contributed by atoms with Crippen molar-refractivity contribution in [3.05, 3.63) is 28.8 Å². The Kier molecular flexibility index (Phi) is 2.99. The molecule has 1 N–H and O–H groups in total. The van der Waals surface area contributed by atoms with Crippen LogP contribution in [0.15, 0.2) is 12.1 Å². The van der Waals surface area contributed by atoms with Crippen molar-refractivity contribution in [1.82, 2.24) is 5.32 Å². The van der Waals surface area contributed by atoms with E-state index in [0.29, 0.717) is 24.3 Å². The molecule has 0 amide bonds.